The van der Waals surface area contributed by atoms with E-state index in [1.165, 1.54) is 0 Å². The number of aromatic nitrogens is 1. The molecule has 1 aromatic heterocycles. The van der Waals surface area contributed by atoms with Crippen molar-refractivity contribution < 1.29 is 5.11 Å². The maximum absolute atomic E-state index is 9.09. The Morgan fingerprint density at radius 2 is 1.62 bits per heavy atom. The van der Waals surface area contributed by atoms with Gasteiger partial charge in [-0.15, -0.1) is 0 Å². The van der Waals surface area contributed by atoms with Crippen molar-refractivity contribution in [2.24, 2.45) is 0 Å². The monoisotopic (exact) mass is 274 g/mol. The molecule has 102 valence electrons. The fourth-order valence-electron chi connectivity index (χ4n) is 2.04. The summed E-state index contributed by atoms with van der Waals surface area (Å²) < 4.78 is 0. The molecule has 0 radical (unpaired) electrons. The molecule has 0 aliphatic rings. The highest BCUT2D eigenvalue weighted by molar-refractivity contribution is 5.80. The number of anilines is 1. The minimum absolute atomic E-state index is 0.0470. The van der Waals surface area contributed by atoms with Gasteiger partial charge in [-0.2, -0.15) is 0 Å². The Labute approximate surface area is 123 Å². The van der Waals surface area contributed by atoms with E-state index in [-0.39, 0.29) is 6.61 Å². The van der Waals surface area contributed by atoms with E-state index < -0.39 is 0 Å². The van der Waals surface area contributed by atoms with Crippen molar-refractivity contribution in [3.63, 3.8) is 0 Å². The van der Waals surface area contributed by atoms with E-state index >= 15 is 0 Å². The molecule has 2 aromatic carbocycles. The maximum Gasteiger partial charge on any atom is 0.0853 e. The minimum Gasteiger partial charge on any atom is -0.399 e. The summed E-state index contributed by atoms with van der Waals surface area (Å²) >= 11 is 0. The zero-order valence-electron chi connectivity index (χ0n) is 11.4. The Kier molecular flexibility index (Phi) is 3.55. The van der Waals surface area contributed by atoms with Crippen LogP contribution in [0.1, 0.15) is 16.8 Å². The number of hydrogen-bond donors (Lipinski definition) is 2. The molecule has 0 aliphatic heterocycles. The van der Waals surface area contributed by atoms with Gasteiger partial charge in [-0.1, -0.05) is 17.9 Å². The number of benzene rings is 2. The predicted octanol–water partition coefficient (Wildman–Crippen LogP) is 2.71. The third-order valence-corrected chi connectivity index (χ3v) is 3.17. The molecule has 0 spiro atoms. The molecular formula is C18H14N2O. The first kappa shape index (κ1) is 13.2. The molecule has 3 heteroatoms. The van der Waals surface area contributed by atoms with E-state index in [1.54, 1.807) is 0 Å². The molecule has 1 heterocycles. The van der Waals surface area contributed by atoms with Crippen molar-refractivity contribution in [2.45, 2.75) is 6.61 Å². The molecule has 0 saturated heterocycles. The molecule has 3 N–H and O–H groups in total. The number of hydrogen-bond acceptors (Lipinski definition) is 3. The van der Waals surface area contributed by atoms with Gasteiger partial charge >= 0.3 is 0 Å². The predicted molar refractivity (Wildman–Crippen MR) is 84.5 cm³/mol. The number of nitrogens with two attached hydrogens (primary N) is 1. The third-order valence-electron chi connectivity index (χ3n) is 3.17. The Balaban J connectivity index is 1.93. The third kappa shape index (κ3) is 3.02. The normalized spacial score (nSPS) is 10.1. The van der Waals surface area contributed by atoms with Crippen molar-refractivity contribution >= 4 is 16.6 Å². The molecule has 0 fully saturated rings. The van der Waals surface area contributed by atoms with E-state index in [9.17, 15) is 0 Å². The quantitative estimate of drug-likeness (QED) is 0.530. The summed E-state index contributed by atoms with van der Waals surface area (Å²) in [6, 6.07) is 17.1. The molecule has 0 bridgehead atoms. The van der Waals surface area contributed by atoms with E-state index in [1.807, 2.05) is 54.6 Å². The van der Waals surface area contributed by atoms with Crippen molar-refractivity contribution in [1.29, 1.82) is 0 Å². The summed E-state index contributed by atoms with van der Waals surface area (Å²) in [5.41, 5.74) is 9.77. The van der Waals surface area contributed by atoms with Crippen LogP contribution in [0.2, 0.25) is 0 Å². The average Bonchev–Trinajstić information content (AvgIpc) is 2.53. The van der Waals surface area contributed by atoms with Crippen LogP contribution in [0.5, 0.6) is 0 Å². The minimum atomic E-state index is -0.0470. The Bertz CT molecular complexity index is 842. The lowest BCUT2D eigenvalue weighted by atomic mass is 10.1. The molecule has 0 saturated carbocycles. The second-order valence-corrected chi connectivity index (χ2v) is 4.74. The second-order valence-electron chi connectivity index (χ2n) is 4.74. The van der Waals surface area contributed by atoms with Crippen LogP contribution in [0.4, 0.5) is 5.69 Å². The van der Waals surface area contributed by atoms with Crippen LogP contribution in [0.15, 0.2) is 54.6 Å². The van der Waals surface area contributed by atoms with E-state index in [0.717, 1.165) is 27.7 Å². The lowest BCUT2D eigenvalue weighted by molar-refractivity contribution is 0.277. The highest BCUT2D eigenvalue weighted by Gasteiger charge is 1.98. The summed E-state index contributed by atoms with van der Waals surface area (Å²) in [5.74, 6) is 6.24. The number of rotatable bonds is 1. The Morgan fingerprint density at radius 1 is 0.905 bits per heavy atom. The Hall–Kier alpha value is -2.83. The number of fused-ring (bicyclic) bond motifs is 1. The van der Waals surface area contributed by atoms with Gasteiger partial charge in [0.05, 0.1) is 17.8 Å². The highest BCUT2D eigenvalue weighted by Crippen LogP contribution is 2.15. The number of nitrogen functional groups attached to an aromatic ring is 1. The van der Waals surface area contributed by atoms with Gasteiger partial charge in [0.1, 0.15) is 0 Å². The van der Waals surface area contributed by atoms with E-state index in [4.69, 9.17) is 10.8 Å². The molecule has 0 unspecified atom stereocenters. The molecule has 0 amide bonds. The zero-order chi connectivity index (χ0) is 14.7. The summed E-state index contributed by atoms with van der Waals surface area (Å²) in [6.07, 6.45) is 0. The molecule has 0 aliphatic carbocycles. The van der Waals surface area contributed by atoms with Crippen molar-refractivity contribution in [3.8, 4) is 11.8 Å². The summed E-state index contributed by atoms with van der Waals surface area (Å²) in [5, 5.41) is 10.1. The summed E-state index contributed by atoms with van der Waals surface area (Å²) in [6.45, 7) is -0.0470. The molecule has 0 atom stereocenters. The van der Waals surface area contributed by atoms with Crippen molar-refractivity contribution in [2.75, 3.05) is 5.73 Å². The van der Waals surface area contributed by atoms with Crippen molar-refractivity contribution in [1.82, 2.24) is 4.98 Å². The largest absolute Gasteiger partial charge is 0.399 e. The topological polar surface area (TPSA) is 59.1 Å². The fraction of sp³-hybridized carbons (Fsp3) is 0.0556. The first-order chi connectivity index (χ1) is 10.2. The highest BCUT2D eigenvalue weighted by atomic mass is 16.3. The maximum atomic E-state index is 9.09. The first-order valence-corrected chi connectivity index (χ1v) is 6.63. The molecule has 3 nitrogen and oxygen atoms in total. The molecule has 3 rings (SSSR count). The summed E-state index contributed by atoms with van der Waals surface area (Å²) in [4.78, 5) is 4.35. The van der Waals surface area contributed by atoms with Gasteiger partial charge in [0.25, 0.3) is 0 Å². The van der Waals surface area contributed by atoms with Crippen LogP contribution in [-0.2, 0) is 6.61 Å². The first-order valence-electron chi connectivity index (χ1n) is 6.63. The van der Waals surface area contributed by atoms with Gasteiger partial charge in [0, 0.05) is 22.2 Å². The number of aliphatic hydroxyl groups is 1. The molecule has 21 heavy (non-hydrogen) atoms. The van der Waals surface area contributed by atoms with Gasteiger partial charge in [-0.05, 0) is 48.5 Å². The molecular weight excluding hydrogens is 260 g/mol. The van der Waals surface area contributed by atoms with Crippen LogP contribution in [0.3, 0.4) is 0 Å². The number of nitrogens with zero attached hydrogens (tertiary/aromatic N) is 1. The second kappa shape index (κ2) is 5.66. The average molecular weight is 274 g/mol. The van der Waals surface area contributed by atoms with Crippen LogP contribution in [0.25, 0.3) is 10.9 Å². The smallest absolute Gasteiger partial charge is 0.0853 e. The summed E-state index contributed by atoms with van der Waals surface area (Å²) in [7, 11) is 0. The Morgan fingerprint density at radius 3 is 2.38 bits per heavy atom. The van der Waals surface area contributed by atoms with E-state index in [0.29, 0.717) is 5.69 Å². The van der Waals surface area contributed by atoms with Crippen LogP contribution >= 0.6 is 0 Å². The van der Waals surface area contributed by atoms with Gasteiger partial charge < -0.3 is 10.8 Å². The van der Waals surface area contributed by atoms with Gasteiger partial charge in [0.15, 0.2) is 0 Å². The zero-order valence-corrected chi connectivity index (χ0v) is 11.4. The van der Waals surface area contributed by atoms with E-state index in [2.05, 4.69) is 16.8 Å². The molecule has 3 aromatic rings. The lowest BCUT2D eigenvalue weighted by Crippen LogP contribution is -1.89. The van der Waals surface area contributed by atoms with Gasteiger partial charge in [-0.25, -0.2) is 0 Å². The van der Waals surface area contributed by atoms with Crippen LogP contribution < -0.4 is 5.73 Å². The van der Waals surface area contributed by atoms with Crippen molar-refractivity contribution in [3.05, 3.63) is 71.4 Å². The SMILES string of the molecule is Nc1ccc(C#Cc2ccc3nc(CO)ccc3c2)cc1. The van der Waals surface area contributed by atoms with Gasteiger partial charge in [0.2, 0.25) is 0 Å². The lowest BCUT2D eigenvalue weighted by Gasteiger charge is -2.00. The standard InChI is InChI=1S/C18H14N2O/c19-16-7-3-13(4-8-16)1-2-14-5-10-18-15(11-14)6-9-17(12-21)20-18/h3-11,21H,12,19H2. The number of aliphatic hydroxyl groups excluding tert-OH is 1. The number of pyridine rings is 1. The van der Waals surface area contributed by atoms with Crippen LogP contribution in [0, 0.1) is 11.8 Å². The fourth-order valence-corrected chi connectivity index (χ4v) is 2.04. The van der Waals surface area contributed by atoms with Crippen LogP contribution in [-0.4, -0.2) is 10.1 Å². The van der Waals surface area contributed by atoms with Gasteiger partial charge in [-0.3, -0.25) is 4.98 Å².